The Morgan fingerprint density at radius 1 is 0.545 bits per heavy atom. The zero-order valence-corrected chi connectivity index (χ0v) is 26.7. The molecule has 44 heavy (non-hydrogen) atoms. The predicted molar refractivity (Wildman–Crippen MR) is 162 cm³/mol. The molecule has 0 N–H and O–H groups in total. The molecule has 0 bridgehead atoms. The Labute approximate surface area is 258 Å². The average molecular weight is 611 g/mol. The van der Waals surface area contributed by atoms with Gasteiger partial charge in [0, 0.05) is 11.1 Å². The molecule has 2 aromatic rings. The predicted octanol–water partition coefficient (Wildman–Crippen LogP) is 5.54. The summed E-state index contributed by atoms with van der Waals surface area (Å²) in [5, 5.41) is 0. The van der Waals surface area contributed by atoms with Gasteiger partial charge in [-0.2, -0.15) is 0 Å². The van der Waals surface area contributed by atoms with Crippen LogP contribution >= 0.6 is 0 Å². The Hall–Kier alpha value is -4.34. The van der Waals surface area contributed by atoms with Gasteiger partial charge in [-0.3, -0.25) is 28.8 Å². The van der Waals surface area contributed by atoms with Gasteiger partial charge in [-0.1, -0.05) is 62.4 Å². The highest BCUT2D eigenvalue weighted by atomic mass is 16.6. The van der Waals surface area contributed by atoms with Crippen molar-refractivity contribution in [1.29, 1.82) is 0 Å². The second-order valence-corrected chi connectivity index (χ2v) is 12.6. The van der Waals surface area contributed by atoms with E-state index in [2.05, 4.69) is 0 Å². The minimum Gasteiger partial charge on any atom is -0.460 e. The highest BCUT2D eigenvalue weighted by Crippen LogP contribution is 2.21. The summed E-state index contributed by atoms with van der Waals surface area (Å²) in [7, 11) is 0. The van der Waals surface area contributed by atoms with Crippen molar-refractivity contribution in [1.82, 2.24) is 0 Å². The summed E-state index contributed by atoms with van der Waals surface area (Å²) < 4.78 is 20.6. The van der Waals surface area contributed by atoms with Crippen LogP contribution in [0.1, 0.15) is 88.9 Å². The number of rotatable bonds is 13. The third-order valence-corrected chi connectivity index (χ3v) is 6.03. The molecule has 0 saturated heterocycles. The minimum absolute atomic E-state index is 0.149. The topological polar surface area (TPSA) is 139 Å². The summed E-state index contributed by atoms with van der Waals surface area (Å²) >= 11 is 0. The molecule has 2 rings (SSSR count). The van der Waals surface area contributed by atoms with Crippen molar-refractivity contribution in [3.8, 4) is 11.1 Å². The van der Waals surface area contributed by atoms with Crippen molar-refractivity contribution < 1.29 is 47.7 Å². The first-order valence-corrected chi connectivity index (χ1v) is 14.4. The number of ketones is 2. The number of ether oxygens (including phenoxy) is 4. The standard InChI is InChI=1S/C34H42O10/c1-21(17-29(37)43-33(3,4)5)31(39)41-19-27(35)25-13-9-23(10-14-25)24-11-15-26(16-12-24)28(36)20-42-32(40)22(2)18-30(38)44-34(6,7)8/h9-16,21-22H,17-20H2,1-8H3. The molecule has 2 aromatic carbocycles. The van der Waals surface area contributed by atoms with Gasteiger partial charge in [0.1, 0.15) is 11.2 Å². The molecule has 0 heterocycles. The van der Waals surface area contributed by atoms with Crippen LogP contribution in [0.5, 0.6) is 0 Å². The maximum Gasteiger partial charge on any atom is 0.309 e. The van der Waals surface area contributed by atoms with E-state index in [1.54, 1.807) is 90.1 Å². The van der Waals surface area contributed by atoms with Crippen molar-refractivity contribution in [2.24, 2.45) is 11.8 Å². The molecule has 2 atom stereocenters. The lowest BCUT2D eigenvalue weighted by molar-refractivity contribution is -0.160. The van der Waals surface area contributed by atoms with Gasteiger partial charge in [0.05, 0.1) is 24.7 Å². The molecule has 10 nitrogen and oxygen atoms in total. The van der Waals surface area contributed by atoms with Gasteiger partial charge in [0.15, 0.2) is 24.8 Å². The largest absolute Gasteiger partial charge is 0.460 e. The van der Waals surface area contributed by atoms with Crippen molar-refractivity contribution >= 4 is 35.4 Å². The molecule has 238 valence electrons. The fraction of sp³-hybridized carbons (Fsp3) is 0.471. The summed E-state index contributed by atoms with van der Waals surface area (Å²) in [4.78, 5) is 73.4. The van der Waals surface area contributed by atoms with Crippen molar-refractivity contribution in [3.63, 3.8) is 0 Å². The Balaban J connectivity index is 1.86. The lowest BCUT2D eigenvalue weighted by atomic mass is 10.0. The first-order chi connectivity index (χ1) is 20.3. The van der Waals surface area contributed by atoms with Crippen LogP contribution in [0.15, 0.2) is 48.5 Å². The summed E-state index contributed by atoms with van der Waals surface area (Å²) in [6.45, 7) is 12.5. The fourth-order valence-electron chi connectivity index (χ4n) is 3.85. The van der Waals surface area contributed by atoms with E-state index in [1.807, 2.05) is 0 Å². The van der Waals surface area contributed by atoms with Crippen LogP contribution in [0, 0.1) is 11.8 Å². The number of carbonyl (C=O) groups is 6. The molecule has 0 aliphatic rings. The van der Waals surface area contributed by atoms with E-state index < -0.39 is 71.7 Å². The quantitative estimate of drug-likeness (QED) is 0.161. The summed E-state index contributed by atoms with van der Waals surface area (Å²) in [6.07, 6.45) is -0.298. The number of esters is 4. The van der Waals surface area contributed by atoms with E-state index in [1.165, 1.54) is 13.8 Å². The fourth-order valence-corrected chi connectivity index (χ4v) is 3.85. The average Bonchev–Trinajstić information content (AvgIpc) is 2.92. The van der Waals surface area contributed by atoms with E-state index in [-0.39, 0.29) is 12.8 Å². The Bertz CT molecular complexity index is 1240. The van der Waals surface area contributed by atoms with Gasteiger partial charge in [0.25, 0.3) is 0 Å². The third-order valence-electron chi connectivity index (χ3n) is 6.03. The molecule has 0 amide bonds. The third kappa shape index (κ3) is 12.5. The molecule has 0 aliphatic heterocycles. The molecule has 10 heteroatoms. The first kappa shape index (κ1) is 35.9. The highest BCUT2D eigenvalue weighted by Gasteiger charge is 2.25. The molecule has 0 saturated carbocycles. The van der Waals surface area contributed by atoms with E-state index in [0.717, 1.165) is 11.1 Å². The molecule has 0 aromatic heterocycles. The summed E-state index contributed by atoms with van der Waals surface area (Å²) in [5.41, 5.74) is 0.928. The van der Waals surface area contributed by atoms with Crippen molar-refractivity contribution in [3.05, 3.63) is 59.7 Å². The van der Waals surface area contributed by atoms with Gasteiger partial charge >= 0.3 is 23.9 Å². The Morgan fingerprint density at radius 3 is 1.11 bits per heavy atom. The van der Waals surface area contributed by atoms with Gasteiger partial charge in [-0.25, -0.2) is 0 Å². The number of Topliss-reactive ketones (excluding diaryl/α,β-unsaturated/α-hetero) is 2. The van der Waals surface area contributed by atoms with E-state index >= 15 is 0 Å². The normalized spacial score (nSPS) is 12.8. The zero-order chi connectivity index (χ0) is 33.2. The SMILES string of the molecule is CC(CC(=O)OC(C)(C)C)C(=O)OCC(=O)c1ccc(-c2ccc(C(=O)COC(=O)C(C)CC(=O)OC(C)(C)C)cc2)cc1. The number of carbonyl (C=O) groups excluding carboxylic acids is 6. The van der Waals surface area contributed by atoms with Crippen LogP contribution < -0.4 is 0 Å². The summed E-state index contributed by atoms with van der Waals surface area (Å²) in [5.74, 6) is -4.68. The van der Waals surface area contributed by atoms with E-state index in [9.17, 15) is 28.8 Å². The maximum atomic E-state index is 12.5. The van der Waals surface area contributed by atoms with Crippen LogP contribution in [-0.2, 0) is 38.1 Å². The molecule has 0 fully saturated rings. The lowest BCUT2D eigenvalue weighted by Crippen LogP contribution is -2.27. The molecule has 2 unspecified atom stereocenters. The van der Waals surface area contributed by atoms with E-state index in [4.69, 9.17) is 18.9 Å². The smallest absolute Gasteiger partial charge is 0.309 e. The molecular weight excluding hydrogens is 568 g/mol. The maximum absolute atomic E-state index is 12.5. The first-order valence-electron chi connectivity index (χ1n) is 14.4. The zero-order valence-electron chi connectivity index (χ0n) is 26.7. The Morgan fingerprint density at radius 2 is 0.841 bits per heavy atom. The van der Waals surface area contributed by atoms with Gasteiger partial charge in [-0.05, 0) is 52.7 Å². The van der Waals surface area contributed by atoms with Crippen molar-refractivity contribution in [2.75, 3.05) is 13.2 Å². The van der Waals surface area contributed by atoms with Crippen LogP contribution in [0.2, 0.25) is 0 Å². The minimum atomic E-state index is -0.755. The van der Waals surface area contributed by atoms with Crippen LogP contribution in [0.4, 0.5) is 0 Å². The van der Waals surface area contributed by atoms with E-state index in [0.29, 0.717) is 11.1 Å². The molecule has 0 radical (unpaired) electrons. The molecule has 0 spiro atoms. The van der Waals surface area contributed by atoms with Gasteiger partial charge < -0.3 is 18.9 Å². The highest BCUT2D eigenvalue weighted by molar-refractivity contribution is 5.99. The lowest BCUT2D eigenvalue weighted by Gasteiger charge is -2.20. The molecule has 0 aliphatic carbocycles. The number of benzene rings is 2. The van der Waals surface area contributed by atoms with Crippen LogP contribution in [0.25, 0.3) is 11.1 Å². The van der Waals surface area contributed by atoms with Gasteiger partial charge in [-0.15, -0.1) is 0 Å². The van der Waals surface area contributed by atoms with Crippen LogP contribution in [-0.4, -0.2) is 59.9 Å². The number of hydrogen-bond donors (Lipinski definition) is 0. The summed E-state index contributed by atoms with van der Waals surface area (Å²) in [6, 6.07) is 13.3. The second kappa shape index (κ2) is 15.4. The van der Waals surface area contributed by atoms with Gasteiger partial charge in [0.2, 0.25) is 0 Å². The number of hydrogen-bond acceptors (Lipinski definition) is 10. The molecular formula is C34H42O10. The monoisotopic (exact) mass is 610 g/mol. The van der Waals surface area contributed by atoms with Crippen molar-refractivity contribution in [2.45, 2.75) is 79.4 Å². The second-order valence-electron chi connectivity index (χ2n) is 12.6. The Kier molecular flexibility index (Phi) is 12.6. The van der Waals surface area contributed by atoms with Crippen LogP contribution in [0.3, 0.4) is 0 Å².